The van der Waals surface area contributed by atoms with Gasteiger partial charge in [0.15, 0.2) is 0 Å². The van der Waals surface area contributed by atoms with Crippen LogP contribution in [0.1, 0.15) is 13.8 Å². The van der Waals surface area contributed by atoms with Crippen LogP contribution in [0.25, 0.3) is 0 Å². The minimum absolute atomic E-state index is 0.0926. The average molecular weight is 313 g/mol. The first-order valence-corrected chi connectivity index (χ1v) is 7.98. The maximum Gasteiger partial charge on any atom is 0.265 e. The third kappa shape index (κ3) is 5.02. The lowest BCUT2D eigenvalue weighted by Gasteiger charge is -2.11. The molecule has 102 valence electrons. The Morgan fingerprint density at radius 2 is 1.94 bits per heavy atom. The number of ether oxygens (including phenoxy) is 2. The van der Waals surface area contributed by atoms with E-state index in [4.69, 9.17) is 31.8 Å². The van der Waals surface area contributed by atoms with Crippen LogP contribution in [0.4, 0.5) is 0 Å². The lowest BCUT2D eigenvalue weighted by Crippen LogP contribution is -2.12. The molecule has 7 heteroatoms. The topological polar surface area (TPSA) is 52.6 Å². The Labute approximate surface area is 116 Å². The Bertz CT molecular complexity index is 500. The van der Waals surface area contributed by atoms with Crippen molar-refractivity contribution in [2.24, 2.45) is 0 Å². The van der Waals surface area contributed by atoms with Gasteiger partial charge in [-0.05, 0) is 32.0 Å². The summed E-state index contributed by atoms with van der Waals surface area (Å²) in [6, 6.07) is 4.25. The van der Waals surface area contributed by atoms with E-state index in [2.05, 4.69) is 0 Å². The van der Waals surface area contributed by atoms with Crippen LogP contribution in [0, 0.1) is 0 Å². The normalized spacial score (nSPS) is 11.8. The molecule has 0 bridgehead atoms. The molecule has 0 heterocycles. The van der Waals surface area contributed by atoms with Gasteiger partial charge < -0.3 is 9.47 Å². The summed E-state index contributed by atoms with van der Waals surface area (Å²) in [5, 5.41) is 0.278. The minimum Gasteiger partial charge on any atom is -0.490 e. The third-order valence-electron chi connectivity index (χ3n) is 1.96. The van der Waals surface area contributed by atoms with Gasteiger partial charge in [-0.3, -0.25) is 0 Å². The first-order valence-electron chi connectivity index (χ1n) is 5.29. The molecule has 0 atom stereocenters. The highest BCUT2D eigenvalue weighted by Gasteiger charge is 2.17. The van der Waals surface area contributed by atoms with Crippen molar-refractivity contribution in [3.05, 3.63) is 23.2 Å². The molecule has 0 N–H and O–H groups in total. The largest absolute Gasteiger partial charge is 0.490 e. The molecule has 0 fully saturated rings. The lowest BCUT2D eigenvalue weighted by atomic mass is 10.3. The summed E-state index contributed by atoms with van der Waals surface area (Å²) in [5.74, 6) is 0.168. The van der Waals surface area contributed by atoms with Gasteiger partial charge in [-0.2, -0.15) is 0 Å². The molecule has 0 saturated carbocycles. The zero-order chi connectivity index (χ0) is 13.8. The molecule has 0 aliphatic heterocycles. The SMILES string of the molecule is CC(C)OCCOc1ccc(Cl)cc1S(=O)(=O)Cl. The predicted molar refractivity (Wildman–Crippen MR) is 71.1 cm³/mol. The van der Waals surface area contributed by atoms with Crippen molar-refractivity contribution in [1.82, 2.24) is 0 Å². The second-order valence-corrected chi connectivity index (χ2v) is 6.77. The van der Waals surface area contributed by atoms with E-state index in [9.17, 15) is 8.42 Å². The smallest absolute Gasteiger partial charge is 0.265 e. The molecule has 0 aliphatic carbocycles. The summed E-state index contributed by atoms with van der Waals surface area (Å²) < 4.78 is 33.3. The van der Waals surface area contributed by atoms with Crippen LogP contribution in [-0.4, -0.2) is 27.7 Å². The van der Waals surface area contributed by atoms with Crippen molar-refractivity contribution in [3.8, 4) is 5.75 Å². The van der Waals surface area contributed by atoms with Gasteiger partial charge in [-0.1, -0.05) is 11.6 Å². The molecule has 0 spiro atoms. The molecule has 0 amide bonds. The second kappa shape index (κ2) is 6.61. The number of hydrogen-bond acceptors (Lipinski definition) is 4. The average Bonchev–Trinajstić information content (AvgIpc) is 2.24. The van der Waals surface area contributed by atoms with Gasteiger partial charge >= 0.3 is 0 Å². The summed E-state index contributed by atoms with van der Waals surface area (Å²) in [7, 11) is 1.41. The Morgan fingerprint density at radius 1 is 1.28 bits per heavy atom. The van der Waals surface area contributed by atoms with Gasteiger partial charge in [-0.25, -0.2) is 8.42 Å². The molecule has 1 aromatic rings. The standard InChI is InChI=1S/C11H14Cl2O4S/c1-8(2)16-5-6-17-10-4-3-9(12)7-11(10)18(13,14)15/h3-4,7-8H,5-6H2,1-2H3. The zero-order valence-corrected chi connectivity index (χ0v) is 12.3. The molecular formula is C11H14Cl2O4S. The summed E-state index contributed by atoms with van der Waals surface area (Å²) in [5.41, 5.74) is 0. The molecule has 18 heavy (non-hydrogen) atoms. The Hall–Kier alpha value is -0.490. The monoisotopic (exact) mass is 312 g/mol. The lowest BCUT2D eigenvalue weighted by molar-refractivity contribution is 0.0546. The Balaban J connectivity index is 2.77. The van der Waals surface area contributed by atoms with E-state index in [1.54, 1.807) is 0 Å². The number of hydrogen-bond donors (Lipinski definition) is 0. The summed E-state index contributed by atoms with van der Waals surface area (Å²) in [4.78, 5) is -0.138. The fourth-order valence-electron chi connectivity index (χ4n) is 1.23. The van der Waals surface area contributed by atoms with Crippen molar-refractivity contribution < 1.29 is 17.9 Å². The molecule has 0 aliphatic rings. The van der Waals surface area contributed by atoms with Crippen molar-refractivity contribution in [2.45, 2.75) is 24.8 Å². The van der Waals surface area contributed by atoms with E-state index in [0.717, 1.165) is 0 Å². The number of halogens is 2. The van der Waals surface area contributed by atoms with Gasteiger partial charge in [0.1, 0.15) is 17.3 Å². The molecule has 0 saturated heterocycles. The number of benzene rings is 1. The molecule has 4 nitrogen and oxygen atoms in total. The van der Waals surface area contributed by atoms with Gasteiger partial charge in [0.05, 0.1) is 12.7 Å². The summed E-state index contributed by atoms with van der Waals surface area (Å²) >= 11 is 5.72. The van der Waals surface area contributed by atoms with Crippen LogP contribution in [0.2, 0.25) is 5.02 Å². The maximum atomic E-state index is 11.3. The van der Waals surface area contributed by atoms with E-state index in [1.807, 2.05) is 13.8 Å². The Morgan fingerprint density at radius 3 is 2.50 bits per heavy atom. The highest BCUT2D eigenvalue weighted by Crippen LogP contribution is 2.29. The molecule has 1 aromatic carbocycles. The van der Waals surface area contributed by atoms with Crippen LogP contribution in [0.15, 0.2) is 23.1 Å². The van der Waals surface area contributed by atoms with Crippen molar-refractivity contribution in [3.63, 3.8) is 0 Å². The summed E-state index contributed by atoms with van der Waals surface area (Å²) in [6.07, 6.45) is 0.0926. The second-order valence-electron chi connectivity index (χ2n) is 3.80. The van der Waals surface area contributed by atoms with Crippen LogP contribution in [0.5, 0.6) is 5.75 Å². The third-order valence-corrected chi connectivity index (χ3v) is 3.54. The predicted octanol–water partition coefficient (Wildman–Crippen LogP) is 3.07. The van der Waals surface area contributed by atoms with Crippen LogP contribution < -0.4 is 4.74 Å². The highest BCUT2D eigenvalue weighted by atomic mass is 35.7. The first-order chi connectivity index (χ1) is 8.30. The van der Waals surface area contributed by atoms with Crippen molar-refractivity contribution >= 4 is 31.3 Å². The highest BCUT2D eigenvalue weighted by molar-refractivity contribution is 8.13. The summed E-state index contributed by atoms with van der Waals surface area (Å²) in [6.45, 7) is 4.40. The fourth-order valence-corrected chi connectivity index (χ4v) is 2.46. The van der Waals surface area contributed by atoms with Crippen LogP contribution >= 0.6 is 22.3 Å². The molecule has 0 radical (unpaired) electrons. The van der Waals surface area contributed by atoms with Gasteiger partial charge in [0, 0.05) is 15.7 Å². The fraction of sp³-hybridized carbons (Fsp3) is 0.455. The van der Waals surface area contributed by atoms with Crippen LogP contribution in [0.3, 0.4) is 0 Å². The van der Waals surface area contributed by atoms with E-state index >= 15 is 0 Å². The van der Waals surface area contributed by atoms with E-state index < -0.39 is 9.05 Å². The Kier molecular flexibility index (Phi) is 5.72. The van der Waals surface area contributed by atoms with E-state index in [-0.39, 0.29) is 28.4 Å². The van der Waals surface area contributed by atoms with E-state index in [1.165, 1.54) is 18.2 Å². The molecular weight excluding hydrogens is 299 g/mol. The quantitative estimate of drug-likeness (QED) is 0.598. The zero-order valence-electron chi connectivity index (χ0n) is 10.0. The maximum absolute atomic E-state index is 11.3. The number of rotatable bonds is 6. The molecule has 1 rings (SSSR count). The van der Waals surface area contributed by atoms with Crippen molar-refractivity contribution in [2.75, 3.05) is 13.2 Å². The van der Waals surface area contributed by atoms with Gasteiger partial charge in [0.25, 0.3) is 9.05 Å². The van der Waals surface area contributed by atoms with E-state index in [0.29, 0.717) is 6.61 Å². The van der Waals surface area contributed by atoms with Gasteiger partial charge in [0.2, 0.25) is 0 Å². The van der Waals surface area contributed by atoms with Crippen LogP contribution in [-0.2, 0) is 13.8 Å². The van der Waals surface area contributed by atoms with Gasteiger partial charge in [-0.15, -0.1) is 0 Å². The molecule has 0 aromatic heterocycles. The minimum atomic E-state index is -3.89. The first kappa shape index (κ1) is 15.6. The van der Waals surface area contributed by atoms with Crippen molar-refractivity contribution in [1.29, 1.82) is 0 Å². The molecule has 0 unspecified atom stereocenters.